The van der Waals surface area contributed by atoms with Crippen LogP contribution < -0.4 is 4.90 Å². The summed E-state index contributed by atoms with van der Waals surface area (Å²) in [7, 11) is 0. The van der Waals surface area contributed by atoms with Gasteiger partial charge in [0, 0.05) is 21.8 Å². The van der Waals surface area contributed by atoms with Crippen LogP contribution in [-0.4, -0.2) is 32.2 Å². The fraction of sp³-hybridized carbons (Fsp3) is 0.222. The highest BCUT2D eigenvalue weighted by atomic mass is 79.9. The average molecular weight is 400 g/mol. The topological polar surface area (TPSA) is 63.9 Å². The molecule has 7 heteroatoms. The van der Waals surface area contributed by atoms with E-state index < -0.39 is 0 Å². The lowest BCUT2D eigenvalue weighted by Crippen LogP contribution is -2.39. The lowest BCUT2D eigenvalue weighted by molar-refractivity contribution is -0.119. The molecular weight excluding hydrogens is 382 g/mol. The smallest absolute Gasteiger partial charge is 0.250 e. The number of carbonyl (C=O) groups is 1. The third-order valence-corrected chi connectivity index (χ3v) is 4.36. The first-order valence-corrected chi connectivity index (χ1v) is 8.75. The van der Waals surface area contributed by atoms with E-state index in [-0.39, 0.29) is 18.5 Å². The highest BCUT2D eigenvalue weighted by Crippen LogP contribution is 2.24. The van der Waals surface area contributed by atoms with Gasteiger partial charge in [0.25, 0.3) is 5.91 Å². The summed E-state index contributed by atoms with van der Waals surface area (Å²) in [5.41, 5.74) is 1.69. The lowest BCUT2D eigenvalue weighted by Gasteiger charge is -2.26. The molecule has 0 spiro atoms. The van der Waals surface area contributed by atoms with Gasteiger partial charge < -0.3 is 4.90 Å². The van der Waals surface area contributed by atoms with Gasteiger partial charge in [0.1, 0.15) is 6.54 Å². The zero-order chi connectivity index (χ0) is 17.8. The van der Waals surface area contributed by atoms with Crippen LogP contribution in [0.25, 0.3) is 11.4 Å². The predicted molar refractivity (Wildman–Crippen MR) is 100 cm³/mol. The maximum Gasteiger partial charge on any atom is 0.250 e. The van der Waals surface area contributed by atoms with Gasteiger partial charge in [-0.3, -0.25) is 4.79 Å². The van der Waals surface area contributed by atoms with Gasteiger partial charge in [0.05, 0.1) is 0 Å². The minimum Gasteiger partial charge on any atom is -0.308 e. The van der Waals surface area contributed by atoms with Crippen molar-refractivity contribution in [1.82, 2.24) is 20.2 Å². The van der Waals surface area contributed by atoms with E-state index in [1.165, 1.54) is 4.80 Å². The molecule has 0 atom stereocenters. The molecule has 0 radical (unpaired) electrons. The average Bonchev–Trinajstić information content (AvgIpc) is 3.04. The molecule has 0 saturated heterocycles. The Morgan fingerprint density at radius 2 is 1.80 bits per heavy atom. The minimum atomic E-state index is -0.0859. The van der Waals surface area contributed by atoms with Gasteiger partial charge in [-0.15, -0.1) is 10.2 Å². The molecule has 1 heterocycles. The van der Waals surface area contributed by atoms with Crippen molar-refractivity contribution in [1.29, 1.82) is 0 Å². The van der Waals surface area contributed by atoms with E-state index in [0.29, 0.717) is 5.82 Å². The second-order valence-corrected chi connectivity index (χ2v) is 6.67. The number of nitrogens with zero attached hydrogens (tertiary/aromatic N) is 5. The number of hydrogen-bond acceptors (Lipinski definition) is 4. The Bertz CT molecular complexity index is 863. The Balaban J connectivity index is 1.80. The number of amides is 1. The number of halogens is 1. The van der Waals surface area contributed by atoms with Crippen molar-refractivity contribution in [3.63, 3.8) is 0 Å². The fourth-order valence-electron chi connectivity index (χ4n) is 2.58. The first-order valence-electron chi connectivity index (χ1n) is 7.96. The molecular formula is C18H18BrN5O. The summed E-state index contributed by atoms with van der Waals surface area (Å²) in [6, 6.07) is 17.3. The molecule has 2 aromatic carbocycles. The van der Waals surface area contributed by atoms with Gasteiger partial charge in [-0.05, 0) is 43.3 Å². The van der Waals surface area contributed by atoms with Crippen LogP contribution in [0.3, 0.4) is 0 Å². The second-order valence-electron chi connectivity index (χ2n) is 5.82. The molecule has 0 fully saturated rings. The van der Waals surface area contributed by atoms with Crippen molar-refractivity contribution < 1.29 is 4.79 Å². The highest BCUT2D eigenvalue weighted by molar-refractivity contribution is 9.10. The van der Waals surface area contributed by atoms with Crippen molar-refractivity contribution in [2.24, 2.45) is 0 Å². The third-order valence-electron chi connectivity index (χ3n) is 3.66. The number of tetrazole rings is 1. The molecule has 128 valence electrons. The first kappa shape index (κ1) is 17.3. The van der Waals surface area contributed by atoms with Crippen molar-refractivity contribution in [3.05, 3.63) is 59.1 Å². The Labute approximate surface area is 154 Å². The largest absolute Gasteiger partial charge is 0.308 e. The van der Waals surface area contributed by atoms with E-state index in [1.807, 2.05) is 68.4 Å². The summed E-state index contributed by atoms with van der Waals surface area (Å²) in [6.07, 6.45) is 0. The van der Waals surface area contributed by atoms with Gasteiger partial charge in [-0.1, -0.05) is 46.3 Å². The van der Waals surface area contributed by atoms with Gasteiger partial charge in [-0.25, -0.2) is 0 Å². The number of benzene rings is 2. The van der Waals surface area contributed by atoms with Crippen LogP contribution in [0.1, 0.15) is 13.8 Å². The number of anilines is 1. The van der Waals surface area contributed by atoms with Gasteiger partial charge in [0.2, 0.25) is 5.82 Å². The standard InChI is InChI=1S/C18H18BrN5O/c1-13(2)24(14-8-4-3-5-9-14)17(25)12-23-21-18(20-22-23)15-10-6-7-11-16(15)19/h3-11,13H,12H2,1-2H3. The molecule has 0 aliphatic rings. The third kappa shape index (κ3) is 3.93. The summed E-state index contributed by atoms with van der Waals surface area (Å²) in [4.78, 5) is 15.8. The SMILES string of the molecule is CC(C)N(C(=O)Cn1nnc(-c2ccccc2Br)n1)c1ccccc1. The van der Waals surface area contributed by atoms with Crippen molar-refractivity contribution in [2.75, 3.05) is 4.90 Å². The zero-order valence-corrected chi connectivity index (χ0v) is 15.6. The number of carbonyl (C=O) groups excluding carboxylic acids is 1. The molecule has 3 aromatic rings. The Kier molecular flexibility index (Phi) is 5.23. The molecule has 0 unspecified atom stereocenters. The van der Waals surface area contributed by atoms with Gasteiger partial charge >= 0.3 is 0 Å². The van der Waals surface area contributed by atoms with Gasteiger partial charge in [0.15, 0.2) is 0 Å². The molecule has 6 nitrogen and oxygen atoms in total. The van der Waals surface area contributed by atoms with Crippen molar-refractivity contribution >= 4 is 27.5 Å². The molecule has 25 heavy (non-hydrogen) atoms. The van der Waals surface area contributed by atoms with Crippen LogP contribution >= 0.6 is 15.9 Å². The first-order chi connectivity index (χ1) is 12.1. The van der Waals surface area contributed by atoms with Crippen LogP contribution in [0.4, 0.5) is 5.69 Å². The van der Waals surface area contributed by atoms with Crippen molar-refractivity contribution in [2.45, 2.75) is 26.4 Å². The molecule has 0 aliphatic heterocycles. The zero-order valence-electron chi connectivity index (χ0n) is 14.0. The molecule has 3 rings (SSSR count). The van der Waals surface area contributed by atoms with Crippen LogP contribution in [0.15, 0.2) is 59.1 Å². The number of aromatic nitrogens is 4. The summed E-state index contributed by atoms with van der Waals surface area (Å²) < 4.78 is 0.883. The van der Waals surface area contributed by atoms with E-state index >= 15 is 0 Å². The van der Waals surface area contributed by atoms with E-state index in [0.717, 1.165) is 15.7 Å². The molecule has 0 saturated carbocycles. The molecule has 0 aliphatic carbocycles. The van der Waals surface area contributed by atoms with Gasteiger partial charge in [-0.2, -0.15) is 4.80 Å². The van der Waals surface area contributed by atoms with Crippen LogP contribution in [0.5, 0.6) is 0 Å². The monoisotopic (exact) mass is 399 g/mol. The maximum absolute atomic E-state index is 12.8. The second kappa shape index (κ2) is 7.57. The van der Waals surface area contributed by atoms with Crippen molar-refractivity contribution in [3.8, 4) is 11.4 Å². The molecule has 0 bridgehead atoms. The summed E-state index contributed by atoms with van der Waals surface area (Å²) in [6.45, 7) is 3.99. The summed E-state index contributed by atoms with van der Waals surface area (Å²) >= 11 is 3.47. The highest BCUT2D eigenvalue weighted by Gasteiger charge is 2.20. The molecule has 1 aromatic heterocycles. The Morgan fingerprint density at radius 1 is 1.12 bits per heavy atom. The van der Waals surface area contributed by atoms with E-state index in [9.17, 15) is 4.79 Å². The normalized spacial score (nSPS) is 10.9. The maximum atomic E-state index is 12.8. The Hall–Kier alpha value is -2.54. The van der Waals surface area contributed by atoms with Crippen LogP contribution in [-0.2, 0) is 11.3 Å². The Morgan fingerprint density at radius 3 is 2.48 bits per heavy atom. The minimum absolute atomic E-state index is 0.0289. The quantitative estimate of drug-likeness (QED) is 0.657. The van der Waals surface area contributed by atoms with E-state index in [4.69, 9.17) is 0 Å². The summed E-state index contributed by atoms with van der Waals surface area (Å²) in [5.74, 6) is 0.397. The van der Waals surface area contributed by atoms with Crippen LogP contribution in [0, 0.1) is 0 Å². The van der Waals surface area contributed by atoms with E-state index in [2.05, 4.69) is 31.3 Å². The van der Waals surface area contributed by atoms with E-state index in [1.54, 1.807) is 4.90 Å². The fourth-order valence-corrected chi connectivity index (χ4v) is 3.04. The summed E-state index contributed by atoms with van der Waals surface area (Å²) in [5, 5.41) is 12.4. The number of para-hydroxylation sites is 1. The number of hydrogen-bond donors (Lipinski definition) is 0. The molecule has 1 amide bonds. The number of rotatable bonds is 5. The molecule has 0 N–H and O–H groups in total. The lowest BCUT2D eigenvalue weighted by atomic mass is 10.2. The predicted octanol–water partition coefficient (Wildman–Crippen LogP) is 3.54. The van der Waals surface area contributed by atoms with Crippen LogP contribution in [0.2, 0.25) is 0 Å².